The van der Waals surface area contributed by atoms with E-state index in [4.69, 9.17) is 0 Å². The summed E-state index contributed by atoms with van der Waals surface area (Å²) < 4.78 is 0. The Kier molecular flexibility index (Phi) is 15.7. The molecule has 0 saturated heterocycles. The molecule has 0 saturated carbocycles. The molecule has 0 aromatic carbocycles. The lowest BCUT2D eigenvalue weighted by atomic mass is 9.91. The second-order valence-electron chi connectivity index (χ2n) is 9.44. The summed E-state index contributed by atoms with van der Waals surface area (Å²) in [7, 11) is 4.03. The first-order chi connectivity index (χ1) is 12.7. The molecular weight excluding hydrogens is 332 g/mol. The van der Waals surface area contributed by atoms with E-state index in [1.54, 1.807) is 6.08 Å². The summed E-state index contributed by atoms with van der Waals surface area (Å²) in [6.45, 7) is 13.1. The molecule has 2 unspecified atom stereocenters. The zero-order valence-electron chi connectivity index (χ0n) is 19.4. The Labute approximate surface area is 170 Å². The van der Waals surface area contributed by atoms with Crippen LogP contribution in [-0.4, -0.2) is 38.0 Å². The number of carbonyl (C=O) groups excluding carboxylic acids is 1. The number of carbonyl (C=O) groups is 1. The highest BCUT2D eigenvalue weighted by molar-refractivity contribution is 5.88. The van der Waals surface area contributed by atoms with Crippen molar-refractivity contribution in [1.82, 2.24) is 10.2 Å². The van der Waals surface area contributed by atoms with E-state index in [2.05, 4.69) is 44.8 Å². The van der Waals surface area contributed by atoms with Gasteiger partial charge >= 0.3 is 0 Å². The molecule has 0 heterocycles. The van der Waals surface area contributed by atoms with E-state index >= 15 is 0 Å². The predicted octanol–water partition coefficient (Wildman–Crippen LogP) is 6.05. The van der Waals surface area contributed by atoms with Crippen LogP contribution in [-0.2, 0) is 4.79 Å². The maximum Gasteiger partial charge on any atom is 0.243 e. The standard InChI is InChI=1S/C24H48N2O/c1-20(2)11-8-12-21(3)13-9-14-22(4)15-10-16-23(5)19-24(27)25-17-18-26(6)7/h19-22H,8-18H2,1-7H3,(H,25,27)/b23-19+. The van der Waals surface area contributed by atoms with Crippen molar-refractivity contribution in [1.29, 1.82) is 0 Å². The Balaban J connectivity index is 3.75. The lowest BCUT2D eigenvalue weighted by molar-refractivity contribution is -0.116. The molecule has 0 aliphatic heterocycles. The molecule has 0 rings (SSSR count). The molecule has 27 heavy (non-hydrogen) atoms. The van der Waals surface area contributed by atoms with Gasteiger partial charge in [0.05, 0.1) is 0 Å². The van der Waals surface area contributed by atoms with Crippen LogP contribution in [0.25, 0.3) is 0 Å². The van der Waals surface area contributed by atoms with E-state index in [0.29, 0.717) is 6.54 Å². The molecule has 0 fully saturated rings. The SMILES string of the molecule is C/C(=C\C(=O)NCCN(C)C)CCCC(C)CCCC(C)CCCC(C)C. The number of hydrogen-bond acceptors (Lipinski definition) is 2. The monoisotopic (exact) mass is 380 g/mol. The van der Waals surface area contributed by atoms with Gasteiger partial charge in [-0.15, -0.1) is 0 Å². The largest absolute Gasteiger partial charge is 0.351 e. The lowest BCUT2D eigenvalue weighted by Gasteiger charge is -2.15. The summed E-state index contributed by atoms with van der Waals surface area (Å²) in [6.07, 6.45) is 13.5. The predicted molar refractivity (Wildman–Crippen MR) is 120 cm³/mol. The molecule has 2 atom stereocenters. The fraction of sp³-hybridized carbons (Fsp3) is 0.875. The molecule has 3 nitrogen and oxygen atoms in total. The number of hydrogen-bond donors (Lipinski definition) is 1. The van der Waals surface area contributed by atoms with Crippen molar-refractivity contribution in [3.63, 3.8) is 0 Å². The van der Waals surface area contributed by atoms with Crippen LogP contribution in [0.1, 0.15) is 92.4 Å². The molecule has 160 valence electrons. The molecule has 3 heteroatoms. The molecule has 0 aliphatic rings. The van der Waals surface area contributed by atoms with Gasteiger partial charge in [-0.25, -0.2) is 0 Å². The summed E-state index contributed by atoms with van der Waals surface area (Å²) in [4.78, 5) is 13.9. The van der Waals surface area contributed by atoms with Crippen LogP contribution in [0.2, 0.25) is 0 Å². The summed E-state index contributed by atoms with van der Waals surface area (Å²) in [5, 5.41) is 2.95. The molecule has 0 aliphatic carbocycles. The third-order valence-corrected chi connectivity index (χ3v) is 5.38. The van der Waals surface area contributed by atoms with E-state index in [0.717, 1.165) is 30.7 Å². The molecular formula is C24H48N2O. The maximum absolute atomic E-state index is 11.8. The van der Waals surface area contributed by atoms with E-state index in [1.165, 1.54) is 56.9 Å². The van der Waals surface area contributed by atoms with Crippen LogP contribution >= 0.6 is 0 Å². The van der Waals surface area contributed by atoms with Crippen molar-refractivity contribution in [2.45, 2.75) is 92.4 Å². The van der Waals surface area contributed by atoms with Gasteiger partial charge in [0.15, 0.2) is 0 Å². The summed E-state index contributed by atoms with van der Waals surface area (Å²) >= 11 is 0. The Morgan fingerprint density at radius 2 is 1.41 bits per heavy atom. The van der Waals surface area contributed by atoms with Crippen LogP contribution in [0, 0.1) is 17.8 Å². The quantitative estimate of drug-likeness (QED) is 0.331. The minimum Gasteiger partial charge on any atom is -0.351 e. The van der Waals surface area contributed by atoms with Gasteiger partial charge in [0, 0.05) is 19.2 Å². The van der Waals surface area contributed by atoms with Gasteiger partial charge in [0.2, 0.25) is 5.91 Å². The van der Waals surface area contributed by atoms with Crippen molar-refractivity contribution in [3.05, 3.63) is 11.6 Å². The average Bonchev–Trinajstić information content (AvgIpc) is 2.53. The first-order valence-corrected chi connectivity index (χ1v) is 11.3. The van der Waals surface area contributed by atoms with Gasteiger partial charge in [-0.3, -0.25) is 4.79 Å². The number of likely N-dealkylation sites (N-methyl/N-ethyl adjacent to an activating group) is 1. The number of allylic oxidation sites excluding steroid dienone is 1. The molecule has 0 aromatic rings. The molecule has 1 amide bonds. The van der Waals surface area contributed by atoms with E-state index < -0.39 is 0 Å². The van der Waals surface area contributed by atoms with Gasteiger partial charge < -0.3 is 10.2 Å². The molecule has 0 radical (unpaired) electrons. The minimum absolute atomic E-state index is 0.0499. The molecule has 0 spiro atoms. The van der Waals surface area contributed by atoms with Crippen LogP contribution < -0.4 is 5.32 Å². The highest BCUT2D eigenvalue weighted by atomic mass is 16.1. The van der Waals surface area contributed by atoms with Crippen LogP contribution in [0.4, 0.5) is 0 Å². The van der Waals surface area contributed by atoms with Crippen molar-refractivity contribution in [3.8, 4) is 0 Å². The molecule has 0 aromatic heterocycles. The Morgan fingerprint density at radius 1 is 0.889 bits per heavy atom. The summed E-state index contributed by atoms with van der Waals surface area (Å²) in [5.41, 5.74) is 1.20. The smallest absolute Gasteiger partial charge is 0.243 e. The van der Waals surface area contributed by atoms with Gasteiger partial charge in [-0.1, -0.05) is 78.2 Å². The third-order valence-electron chi connectivity index (χ3n) is 5.38. The summed E-state index contributed by atoms with van der Waals surface area (Å²) in [6, 6.07) is 0. The first-order valence-electron chi connectivity index (χ1n) is 11.3. The zero-order valence-corrected chi connectivity index (χ0v) is 19.4. The number of amides is 1. The van der Waals surface area contributed by atoms with Crippen molar-refractivity contribution in [2.75, 3.05) is 27.2 Å². The fourth-order valence-corrected chi connectivity index (χ4v) is 3.46. The number of nitrogens with zero attached hydrogens (tertiary/aromatic N) is 1. The molecule has 1 N–H and O–H groups in total. The van der Waals surface area contributed by atoms with Crippen molar-refractivity contribution < 1.29 is 4.79 Å². The van der Waals surface area contributed by atoms with E-state index in [-0.39, 0.29) is 5.91 Å². The normalized spacial score (nSPS) is 14.6. The Morgan fingerprint density at radius 3 is 1.93 bits per heavy atom. The average molecular weight is 381 g/mol. The fourth-order valence-electron chi connectivity index (χ4n) is 3.46. The van der Waals surface area contributed by atoms with E-state index in [9.17, 15) is 4.79 Å². The van der Waals surface area contributed by atoms with Gasteiger partial charge in [0.25, 0.3) is 0 Å². The maximum atomic E-state index is 11.8. The van der Waals surface area contributed by atoms with E-state index in [1.807, 2.05) is 14.1 Å². The van der Waals surface area contributed by atoms with Gasteiger partial charge in [-0.05, 0) is 51.6 Å². The zero-order chi connectivity index (χ0) is 20.7. The van der Waals surface area contributed by atoms with Crippen LogP contribution in [0.5, 0.6) is 0 Å². The Hall–Kier alpha value is -0.830. The van der Waals surface area contributed by atoms with Crippen LogP contribution in [0.15, 0.2) is 11.6 Å². The number of nitrogens with one attached hydrogen (secondary N) is 1. The topological polar surface area (TPSA) is 32.3 Å². The van der Waals surface area contributed by atoms with Gasteiger partial charge in [-0.2, -0.15) is 0 Å². The first kappa shape index (κ1) is 26.2. The highest BCUT2D eigenvalue weighted by Gasteiger charge is 2.07. The number of rotatable bonds is 16. The second kappa shape index (κ2) is 16.2. The third kappa shape index (κ3) is 18.3. The van der Waals surface area contributed by atoms with Gasteiger partial charge in [0.1, 0.15) is 0 Å². The van der Waals surface area contributed by atoms with Crippen molar-refractivity contribution in [2.24, 2.45) is 17.8 Å². The Bertz CT molecular complexity index is 401. The summed E-state index contributed by atoms with van der Waals surface area (Å²) in [5.74, 6) is 2.58. The second-order valence-corrected chi connectivity index (χ2v) is 9.44. The van der Waals surface area contributed by atoms with Crippen molar-refractivity contribution >= 4 is 5.91 Å². The lowest BCUT2D eigenvalue weighted by Crippen LogP contribution is -2.30. The van der Waals surface area contributed by atoms with Crippen LogP contribution in [0.3, 0.4) is 0 Å². The minimum atomic E-state index is 0.0499. The highest BCUT2D eigenvalue weighted by Crippen LogP contribution is 2.22. The molecule has 0 bridgehead atoms.